The number of aromatic nitrogens is 2. The molecule has 1 N–H and O–H groups in total. The van der Waals surface area contributed by atoms with Gasteiger partial charge in [0.1, 0.15) is 5.56 Å². The summed E-state index contributed by atoms with van der Waals surface area (Å²) in [6, 6.07) is 8.84. The van der Waals surface area contributed by atoms with Gasteiger partial charge in [-0.25, -0.2) is 18.6 Å². The topological polar surface area (TPSA) is 54.6 Å². The number of pyridine rings is 1. The summed E-state index contributed by atoms with van der Waals surface area (Å²) in [6.45, 7) is 0. The third-order valence-electron chi connectivity index (χ3n) is 3.17. The maximum atomic E-state index is 12.5. The van der Waals surface area contributed by atoms with Crippen molar-refractivity contribution in [1.29, 1.82) is 0 Å². The van der Waals surface area contributed by atoms with E-state index in [-0.39, 0.29) is 11.1 Å². The molecule has 0 aliphatic heterocycles. The van der Waals surface area contributed by atoms with Crippen LogP contribution in [0.15, 0.2) is 48.8 Å². The summed E-state index contributed by atoms with van der Waals surface area (Å²) in [6.07, 6.45) is 0.837. The van der Waals surface area contributed by atoms with Crippen molar-refractivity contribution in [2.24, 2.45) is 0 Å². The van der Waals surface area contributed by atoms with Crippen molar-refractivity contribution in [3.8, 4) is 11.3 Å². The number of carboxylic acid groups (broad SMARTS) is 1. The van der Waals surface area contributed by atoms with Crippen LogP contribution in [0.25, 0.3) is 16.9 Å². The van der Waals surface area contributed by atoms with Gasteiger partial charge >= 0.3 is 5.97 Å². The summed E-state index contributed by atoms with van der Waals surface area (Å²) >= 11 is 0. The van der Waals surface area contributed by atoms with Crippen molar-refractivity contribution in [2.45, 2.75) is 6.43 Å². The number of imidazole rings is 1. The first-order chi connectivity index (χ1) is 10.1. The lowest BCUT2D eigenvalue weighted by molar-refractivity contribution is 0.0698. The van der Waals surface area contributed by atoms with Gasteiger partial charge in [0.05, 0.1) is 5.69 Å². The lowest BCUT2D eigenvalue weighted by Gasteiger charge is -2.00. The summed E-state index contributed by atoms with van der Waals surface area (Å²) < 4.78 is 26.6. The minimum atomic E-state index is -2.52. The Morgan fingerprint density at radius 2 is 1.90 bits per heavy atom. The minimum Gasteiger partial charge on any atom is -0.478 e. The maximum absolute atomic E-state index is 12.5. The number of hydrogen-bond acceptors (Lipinski definition) is 2. The predicted octanol–water partition coefficient (Wildman–Crippen LogP) is 3.64. The van der Waals surface area contributed by atoms with Gasteiger partial charge in [-0.3, -0.25) is 0 Å². The van der Waals surface area contributed by atoms with Crippen LogP contribution in [-0.4, -0.2) is 20.5 Å². The summed E-state index contributed by atoms with van der Waals surface area (Å²) in [5.41, 5.74) is 1.53. The fourth-order valence-corrected chi connectivity index (χ4v) is 2.12. The van der Waals surface area contributed by atoms with Gasteiger partial charge in [-0.1, -0.05) is 24.3 Å². The molecular weight excluding hydrogens is 278 g/mol. The average Bonchev–Trinajstić information content (AvgIpc) is 2.90. The predicted molar refractivity (Wildman–Crippen MR) is 72.5 cm³/mol. The molecule has 0 bridgehead atoms. The fourth-order valence-electron chi connectivity index (χ4n) is 2.12. The number of carboxylic acids is 1. The van der Waals surface area contributed by atoms with Crippen LogP contribution >= 0.6 is 0 Å². The molecule has 0 radical (unpaired) electrons. The monoisotopic (exact) mass is 288 g/mol. The summed E-state index contributed by atoms with van der Waals surface area (Å²) in [5, 5.41) is 9.12. The van der Waals surface area contributed by atoms with Crippen LogP contribution in [0.1, 0.15) is 22.3 Å². The van der Waals surface area contributed by atoms with Crippen LogP contribution < -0.4 is 0 Å². The molecule has 0 saturated heterocycles. The first-order valence-electron chi connectivity index (χ1n) is 6.16. The van der Waals surface area contributed by atoms with Gasteiger partial charge in [-0.05, 0) is 12.1 Å². The Bertz CT molecular complexity index is 810. The molecule has 0 aliphatic carbocycles. The Kier molecular flexibility index (Phi) is 3.13. The summed E-state index contributed by atoms with van der Waals surface area (Å²) in [4.78, 5) is 15.4. The van der Waals surface area contributed by atoms with E-state index in [0.29, 0.717) is 16.9 Å². The van der Waals surface area contributed by atoms with Crippen LogP contribution in [0, 0.1) is 0 Å². The quantitative estimate of drug-likeness (QED) is 0.800. The fraction of sp³-hybridized carbons (Fsp3) is 0.0667. The number of aromatic carboxylic acids is 1. The molecule has 2 heterocycles. The number of benzene rings is 1. The second kappa shape index (κ2) is 4.97. The summed E-state index contributed by atoms with van der Waals surface area (Å²) in [5.74, 6) is -1.06. The van der Waals surface area contributed by atoms with Gasteiger partial charge in [0.2, 0.25) is 0 Å². The Hall–Kier alpha value is -2.76. The molecular formula is C15H10F2N2O2. The molecule has 2 aromatic heterocycles. The number of halogens is 2. The van der Waals surface area contributed by atoms with Crippen LogP contribution in [0.2, 0.25) is 0 Å². The number of alkyl halides is 2. The molecule has 1 aromatic carbocycles. The highest BCUT2D eigenvalue weighted by Crippen LogP contribution is 2.24. The lowest BCUT2D eigenvalue weighted by atomic mass is 10.1. The molecule has 0 fully saturated rings. The number of nitrogens with zero attached hydrogens (tertiary/aromatic N) is 2. The van der Waals surface area contributed by atoms with E-state index in [4.69, 9.17) is 5.11 Å². The van der Waals surface area contributed by atoms with E-state index in [1.54, 1.807) is 35.0 Å². The van der Waals surface area contributed by atoms with Crippen molar-refractivity contribution in [3.05, 3.63) is 59.9 Å². The Morgan fingerprint density at radius 3 is 2.52 bits per heavy atom. The van der Waals surface area contributed by atoms with E-state index in [9.17, 15) is 13.6 Å². The molecule has 3 aromatic rings. The van der Waals surface area contributed by atoms with Gasteiger partial charge < -0.3 is 9.51 Å². The first-order valence-corrected chi connectivity index (χ1v) is 6.16. The average molecular weight is 288 g/mol. The molecule has 0 atom stereocenters. The third-order valence-corrected chi connectivity index (χ3v) is 3.17. The second-order valence-corrected chi connectivity index (χ2v) is 4.51. The lowest BCUT2D eigenvalue weighted by Crippen LogP contribution is -1.99. The van der Waals surface area contributed by atoms with Crippen molar-refractivity contribution >= 4 is 11.6 Å². The largest absolute Gasteiger partial charge is 0.478 e. The number of fused-ring (bicyclic) bond motifs is 1. The SMILES string of the molecule is O=C(O)c1cccn2cc(-c3ccc(C(F)F)cc3)nc12. The molecule has 0 saturated carbocycles. The Labute approximate surface area is 118 Å². The number of rotatable bonds is 3. The van der Waals surface area contributed by atoms with E-state index in [1.807, 2.05) is 0 Å². The molecule has 21 heavy (non-hydrogen) atoms. The molecule has 0 amide bonds. The highest BCUT2D eigenvalue weighted by molar-refractivity contribution is 5.94. The van der Waals surface area contributed by atoms with Crippen LogP contribution in [0.5, 0.6) is 0 Å². The van der Waals surface area contributed by atoms with Crippen LogP contribution in [-0.2, 0) is 0 Å². The molecule has 106 valence electrons. The van der Waals surface area contributed by atoms with E-state index in [1.165, 1.54) is 18.2 Å². The standard InChI is InChI=1S/C15H10F2N2O2/c16-13(17)10-5-3-9(4-6-10)12-8-19-7-1-2-11(15(20)21)14(19)18-12/h1-8,13H,(H,20,21). The van der Waals surface area contributed by atoms with E-state index >= 15 is 0 Å². The molecule has 3 rings (SSSR count). The zero-order chi connectivity index (χ0) is 15.0. The van der Waals surface area contributed by atoms with Crippen LogP contribution in [0.3, 0.4) is 0 Å². The van der Waals surface area contributed by atoms with E-state index < -0.39 is 12.4 Å². The van der Waals surface area contributed by atoms with E-state index in [0.717, 1.165) is 0 Å². The van der Waals surface area contributed by atoms with Crippen LogP contribution in [0.4, 0.5) is 8.78 Å². The number of carbonyl (C=O) groups is 1. The first kappa shape index (κ1) is 13.2. The van der Waals surface area contributed by atoms with Crippen molar-refractivity contribution < 1.29 is 18.7 Å². The molecule has 0 spiro atoms. The van der Waals surface area contributed by atoms with Crippen molar-refractivity contribution in [3.63, 3.8) is 0 Å². The molecule has 4 nitrogen and oxygen atoms in total. The molecule has 0 unspecified atom stereocenters. The Balaban J connectivity index is 2.09. The number of hydrogen-bond donors (Lipinski definition) is 1. The molecule has 6 heteroatoms. The van der Waals surface area contributed by atoms with Gasteiger partial charge in [0.15, 0.2) is 5.65 Å². The minimum absolute atomic E-state index is 0.0614. The molecule has 0 aliphatic rings. The van der Waals surface area contributed by atoms with Crippen molar-refractivity contribution in [1.82, 2.24) is 9.38 Å². The summed E-state index contributed by atoms with van der Waals surface area (Å²) in [7, 11) is 0. The zero-order valence-corrected chi connectivity index (χ0v) is 10.7. The highest BCUT2D eigenvalue weighted by Gasteiger charge is 2.13. The van der Waals surface area contributed by atoms with Crippen molar-refractivity contribution in [2.75, 3.05) is 0 Å². The van der Waals surface area contributed by atoms with Gasteiger partial charge in [0, 0.05) is 23.5 Å². The van der Waals surface area contributed by atoms with E-state index in [2.05, 4.69) is 4.98 Å². The van der Waals surface area contributed by atoms with Gasteiger partial charge in [-0.15, -0.1) is 0 Å². The maximum Gasteiger partial charge on any atom is 0.339 e. The highest BCUT2D eigenvalue weighted by atomic mass is 19.3. The van der Waals surface area contributed by atoms with Gasteiger partial charge in [-0.2, -0.15) is 0 Å². The van der Waals surface area contributed by atoms with Gasteiger partial charge in [0.25, 0.3) is 6.43 Å². The zero-order valence-electron chi connectivity index (χ0n) is 10.7. The third kappa shape index (κ3) is 2.35. The normalized spacial score (nSPS) is 11.2. The second-order valence-electron chi connectivity index (χ2n) is 4.51. The Morgan fingerprint density at radius 1 is 1.19 bits per heavy atom. The smallest absolute Gasteiger partial charge is 0.339 e.